The number of nitrogens with one attached hydrogen (secondary N) is 1. The number of furan rings is 1. The number of nitrogens with zero attached hydrogens (tertiary/aromatic N) is 2. The fourth-order valence-electron chi connectivity index (χ4n) is 3.01. The molecule has 0 saturated carbocycles. The van der Waals surface area contributed by atoms with Crippen LogP contribution in [0, 0.1) is 0 Å². The maximum atomic E-state index is 5.76. The van der Waals surface area contributed by atoms with E-state index in [2.05, 4.69) is 49.0 Å². The molecule has 120 valence electrons. The summed E-state index contributed by atoms with van der Waals surface area (Å²) < 4.78 is 5.76. The van der Waals surface area contributed by atoms with Crippen molar-refractivity contribution >= 4 is 0 Å². The van der Waals surface area contributed by atoms with E-state index >= 15 is 0 Å². The van der Waals surface area contributed by atoms with Crippen LogP contribution >= 0.6 is 0 Å². The van der Waals surface area contributed by atoms with Gasteiger partial charge in [0, 0.05) is 37.3 Å². The lowest BCUT2D eigenvalue weighted by Gasteiger charge is -2.29. The average molecular weight is 293 g/mol. The molecule has 1 aliphatic heterocycles. The first-order chi connectivity index (χ1) is 10.1. The van der Waals surface area contributed by atoms with Gasteiger partial charge < -0.3 is 14.6 Å². The SMILES string of the molecule is CCC1CN(C)CCCN1Cc1cc(CNC(C)C)co1. The standard InChI is InChI=1S/C17H31N3O/c1-5-16-11-19(4)7-6-8-20(16)12-17-9-15(13-21-17)10-18-14(2)3/h9,13-14,16,18H,5-8,10-12H2,1-4H3. The molecule has 0 aromatic carbocycles. The Morgan fingerprint density at radius 1 is 1.38 bits per heavy atom. The molecule has 0 spiro atoms. The summed E-state index contributed by atoms with van der Waals surface area (Å²) in [4.78, 5) is 5.04. The fourth-order valence-corrected chi connectivity index (χ4v) is 3.01. The van der Waals surface area contributed by atoms with Gasteiger partial charge >= 0.3 is 0 Å². The van der Waals surface area contributed by atoms with E-state index < -0.39 is 0 Å². The van der Waals surface area contributed by atoms with E-state index in [-0.39, 0.29) is 0 Å². The predicted molar refractivity (Wildman–Crippen MR) is 87.3 cm³/mol. The third-order valence-electron chi connectivity index (χ3n) is 4.28. The van der Waals surface area contributed by atoms with Crippen LogP contribution < -0.4 is 5.32 Å². The molecule has 0 radical (unpaired) electrons. The largest absolute Gasteiger partial charge is 0.468 e. The topological polar surface area (TPSA) is 31.6 Å². The highest BCUT2D eigenvalue weighted by Crippen LogP contribution is 2.17. The summed E-state index contributed by atoms with van der Waals surface area (Å²) in [7, 11) is 2.23. The smallest absolute Gasteiger partial charge is 0.118 e. The summed E-state index contributed by atoms with van der Waals surface area (Å²) in [5.41, 5.74) is 1.25. The Morgan fingerprint density at radius 2 is 2.19 bits per heavy atom. The van der Waals surface area contributed by atoms with Gasteiger partial charge in [0.2, 0.25) is 0 Å². The van der Waals surface area contributed by atoms with Crippen molar-refractivity contribution in [3.63, 3.8) is 0 Å². The van der Waals surface area contributed by atoms with E-state index in [9.17, 15) is 0 Å². The Labute approximate surface area is 129 Å². The van der Waals surface area contributed by atoms with E-state index in [1.165, 1.54) is 38.0 Å². The molecule has 0 amide bonds. The van der Waals surface area contributed by atoms with Crippen LogP contribution in [0.1, 0.15) is 44.9 Å². The highest BCUT2D eigenvalue weighted by atomic mass is 16.3. The zero-order valence-corrected chi connectivity index (χ0v) is 14.1. The lowest BCUT2D eigenvalue weighted by molar-refractivity contribution is 0.164. The molecular formula is C17H31N3O. The highest BCUT2D eigenvalue weighted by Gasteiger charge is 2.22. The van der Waals surface area contributed by atoms with Gasteiger partial charge in [-0.15, -0.1) is 0 Å². The van der Waals surface area contributed by atoms with Crippen LogP contribution in [-0.4, -0.2) is 48.6 Å². The zero-order valence-electron chi connectivity index (χ0n) is 14.1. The number of hydrogen-bond acceptors (Lipinski definition) is 4. The molecule has 1 aliphatic rings. The minimum Gasteiger partial charge on any atom is -0.468 e. The maximum absolute atomic E-state index is 5.76. The van der Waals surface area contributed by atoms with Crippen molar-refractivity contribution in [1.29, 1.82) is 0 Å². The van der Waals surface area contributed by atoms with Crippen molar-refractivity contribution in [2.24, 2.45) is 0 Å². The molecule has 0 aliphatic carbocycles. The normalized spacial score (nSPS) is 21.9. The van der Waals surface area contributed by atoms with Crippen molar-refractivity contribution in [2.45, 2.75) is 58.8 Å². The molecule has 4 heteroatoms. The fraction of sp³-hybridized carbons (Fsp3) is 0.765. The maximum Gasteiger partial charge on any atom is 0.118 e. The van der Waals surface area contributed by atoms with Gasteiger partial charge in [-0.1, -0.05) is 20.8 Å². The van der Waals surface area contributed by atoms with Crippen LogP contribution in [0.15, 0.2) is 16.7 Å². The molecule has 1 atom stereocenters. The number of rotatable bonds is 6. The first-order valence-corrected chi connectivity index (χ1v) is 8.30. The second-order valence-electron chi connectivity index (χ2n) is 6.61. The molecule has 1 fully saturated rings. The molecular weight excluding hydrogens is 262 g/mol. The summed E-state index contributed by atoms with van der Waals surface area (Å²) in [5, 5.41) is 3.43. The van der Waals surface area contributed by atoms with Crippen molar-refractivity contribution in [2.75, 3.05) is 26.7 Å². The number of hydrogen-bond donors (Lipinski definition) is 1. The quantitative estimate of drug-likeness (QED) is 0.874. The molecule has 2 rings (SSSR count). The van der Waals surface area contributed by atoms with Gasteiger partial charge in [-0.2, -0.15) is 0 Å². The third kappa shape index (κ3) is 5.13. The van der Waals surface area contributed by atoms with Crippen molar-refractivity contribution < 1.29 is 4.42 Å². The van der Waals surface area contributed by atoms with Gasteiger partial charge in [-0.05, 0) is 32.5 Å². The minimum absolute atomic E-state index is 0.508. The Morgan fingerprint density at radius 3 is 2.90 bits per heavy atom. The zero-order chi connectivity index (χ0) is 15.2. The van der Waals surface area contributed by atoms with Gasteiger partial charge in [0.1, 0.15) is 5.76 Å². The summed E-state index contributed by atoms with van der Waals surface area (Å²) in [5.74, 6) is 1.10. The summed E-state index contributed by atoms with van der Waals surface area (Å²) in [6.07, 6.45) is 4.35. The monoisotopic (exact) mass is 293 g/mol. The van der Waals surface area contributed by atoms with E-state index in [0.29, 0.717) is 12.1 Å². The first kappa shape index (κ1) is 16.5. The van der Waals surface area contributed by atoms with Crippen molar-refractivity contribution in [3.05, 3.63) is 23.7 Å². The molecule has 2 heterocycles. The second kappa shape index (κ2) is 7.97. The van der Waals surface area contributed by atoms with Gasteiger partial charge in [-0.3, -0.25) is 4.90 Å². The minimum atomic E-state index is 0.508. The van der Waals surface area contributed by atoms with Crippen LogP contribution in [0.5, 0.6) is 0 Å². The average Bonchev–Trinajstić information content (AvgIpc) is 2.81. The second-order valence-corrected chi connectivity index (χ2v) is 6.61. The Kier molecular flexibility index (Phi) is 6.27. The van der Waals surface area contributed by atoms with Crippen LogP contribution in [0.3, 0.4) is 0 Å². The molecule has 1 aromatic heterocycles. The van der Waals surface area contributed by atoms with Crippen LogP contribution in [0.25, 0.3) is 0 Å². The summed E-state index contributed by atoms with van der Waals surface area (Å²) in [6, 6.07) is 3.35. The Bertz CT molecular complexity index is 416. The van der Waals surface area contributed by atoms with Crippen molar-refractivity contribution in [1.82, 2.24) is 15.1 Å². The van der Waals surface area contributed by atoms with Gasteiger partial charge in [0.15, 0.2) is 0 Å². The Hall–Kier alpha value is -0.840. The van der Waals surface area contributed by atoms with E-state index in [0.717, 1.165) is 18.8 Å². The highest BCUT2D eigenvalue weighted by molar-refractivity contribution is 5.13. The molecule has 4 nitrogen and oxygen atoms in total. The summed E-state index contributed by atoms with van der Waals surface area (Å²) >= 11 is 0. The lowest BCUT2D eigenvalue weighted by atomic mass is 10.1. The third-order valence-corrected chi connectivity index (χ3v) is 4.28. The van der Waals surface area contributed by atoms with Crippen LogP contribution in [0.2, 0.25) is 0 Å². The molecule has 1 saturated heterocycles. The molecule has 1 N–H and O–H groups in total. The molecule has 1 aromatic rings. The van der Waals surface area contributed by atoms with Crippen molar-refractivity contribution in [3.8, 4) is 0 Å². The molecule has 1 unspecified atom stereocenters. The number of likely N-dealkylation sites (N-methyl/N-ethyl adjacent to an activating group) is 1. The van der Waals surface area contributed by atoms with Gasteiger partial charge in [0.05, 0.1) is 12.8 Å². The van der Waals surface area contributed by atoms with Crippen LogP contribution in [-0.2, 0) is 13.1 Å². The first-order valence-electron chi connectivity index (χ1n) is 8.30. The van der Waals surface area contributed by atoms with Gasteiger partial charge in [0.25, 0.3) is 0 Å². The van der Waals surface area contributed by atoms with E-state index in [1.807, 2.05) is 6.26 Å². The predicted octanol–water partition coefficient (Wildman–Crippen LogP) is 2.69. The molecule has 21 heavy (non-hydrogen) atoms. The summed E-state index contributed by atoms with van der Waals surface area (Å²) in [6.45, 7) is 12.0. The van der Waals surface area contributed by atoms with Crippen LogP contribution in [0.4, 0.5) is 0 Å². The lowest BCUT2D eigenvalue weighted by Crippen LogP contribution is -2.39. The van der Waals surface area contributed by atoms with E-state index in [4.69, 9.17) is 4.42 Å². The van der Waals surface area contributed by atoms with E-state index in [1.54, 1.807) is 0 Å². The Balaban J connectivity index is 1.93. The van der Waals surface area contributed by atoms with Gasteiger partial charge in [-0.25, -0.2) is 0 Å². The molecule has 0 bridgehead atoms.